The van der Waals surface area contributed by atoms with Crippen LogP contribution in [0, 0.1) is 0 Å². The number of unbranched alkanes of at least 4 members (excludes halogenated alkanes) is 2. The summed E-state index contributed by atoms with van der Waals surface area (Å²) in [5, 5.41) is 18.5. The zero-order chi connectivity index (χ0) is 15.1. The van der Waals surface area contributed by atoms with E-state index in [4.69, 9.17) is 0 Å². The average Bonchev–Trinajstić information content (AvgIpc) is 2.39. The maximum Gasteiger partial charge on any atom is 0.376 e. The molecule has 0 rings (SSSR count). The number of rotatable bonds is 8. The van der Waals surface area contributed by atoms with Gasteiger partial charge in [-0.3, -0.25) is 20.0 Å². The van der Waals surface area contributed by atoms with Crippen LogP contribution in [0.15, 0.2) is 0 Å². The van der Waals surface area contributed by atoms with Gasteiger partial charge >= 0.3 is 10.2 Å². The van der Waals surface area contributed by atoms with Gasteiger partial charge in [0.15, 0.2) is 0 Å². The van der Waals surface area contributed by atoms with Gasteiger partial charge in [0.05, 0.1) is 0 Å². The van der Waals surface area contributed by atoms with Crippen molar-refractivity contribution in [3.63, 3.8) is 0 Å². The Labute approximate surface area is 112 Å². The van der Waals surface area contributed by atoms with Crippen molar-refractivity contribution >= 4 is 22.0 Å². The van der Waals surface area contributed by atoms with Crippen molar-refractivity contribution < 1.29 is 28.4 Å². The van der Waals surface area contributed by atoms with Gasteiger partial charge in [-0.2, -0.15) is 8.42 Å². The number of hydroxylamine groups is 2. The van der Waals surface area contributed by atoms with E-state index in [0.29, 0.717) is 25.7 Å². The van der Waals surface area contributed by atoms with Crippen molar-refractivity contribution in [2.24, 2.45) is 0 Å². The second kappa shape index (κ2) is 8.08. The number of carbonyl (C=O) groups excluding carboxylic acids is 2. The van der Waals surface area contributed by atoms with Gasteiger partial charge in [0.25, 0.3) is 11.8 Å². The fourth-order valence-electron chi connectivity index (χ4n) is 1.18. The molecule has 0 saturated carbocycles. The first-order chi connectivity index (χ1) is 8.78. The Bertz CT molecular complexity index is 376. The van der Waals surface area contributed by atoms with Gasteiger partial charge in [-0.05, 0) is 12.8 Å². The molecule has 2 amide bonds. The molecule has 0 aromatic rings. The SMILES string of the molecule is CCCCC(=O)N(O)S(=O)(=O)N(O)C(=O)CCCC. The number of hydrogen-bond acceptors (Lipinski definition) is 6. The van der Waals surface area contributed by atoms with Crippen molar-refractivity contribution in [2.75, 3.05) is 0 Å². The first-order valence-corrected chi connectivity index (χ1v) is 7.47. The molecule has 0 heterocycles. The third-order valence-corrected chi connectivity index (χ3v) is 3.63. The van der Waals surface area contributed by atoms with Crippen molar-refractivity contribution in [3.8, 4) is 0 Å². The molecule has 112 valence electrons. The Morgan fingerprint density at radius 3 is 1.47 bits per heavy atom. The van der Waals surface area contributed by atoms with Crippen LogP contribution < -0.4 is 0 Å². The van der Waals surface area contributed by atoms with Crippen LogP contribution in [0.25, 0.3) is 0 Å². The Kier molecular flexibility index (Phi) is 7.57. The van der Waals surface area contributed by atoms with Crippen LogP contribution >= 0.6 is 0 Å². The average molecular weight is 296 g/mol. The van der Waals surface area contributed by atoms with Crippen LogP contribution in [0.3, 0.4) is 0 Å². The summed E-state index contributed by atoms with van der Waals surface area (Å²) in [5.41, 5.74) is 0. The summed E-state index contributed by atoms with van der Waals surface area (Å²) >= 11 is 0. The van der Waals surface area contributed by atoms with Crippen molar-refractivity contribution in [1.29, 1.82) is 0 Å². The normalized spacial score (nSPS) is 11.2. The quantitative estimate of drug-likeness (QED) is 0.511. The molecule has 0 unspecified atom stereocenters. The smallest absolute Gasteiger partial charge is 0.271 e. The summed E-state index contributed by atoms with van der Waals surface area (Å²) in [6, 6.07) is 0. The molecule has 0 saturated heterocycles. The monoisotopic (exact) mass is 296 g/mol. The molecule has 0 radical (unpaired) electrons. The highest BCUT2D eigenvalue weighted by molar-refractivity contribution is 7.87. The molecule has 0 fully saturated rings. The molecule has 0 bridgehead atoms. The molecule has 0 aromatic heterocycles. The maximum absolute atomic E-state index is 11.5. The molecule has 0 spiro atoms. The van der Waals surface area contributed by atoms with Crippen molar-refractivity contribution in [2.45, 2.75) is 52.4 Å². The van der Waals surface area contributed by atoms with E-state index in [1.165, 1.54) is 0 Å². The number of carbonyl (C=O) groups is 2. The molecule has 19 heavy (non-hydrogen) atoms. The fraction of sp³-hybridized carbons (Fsp3) is 0.800. The van der Waals surface area contributed by atoms with Gasteiger partial charge in [-0.15, -0.1) is 0 Å². The summed E-state index contributed by atoms with van der Waals surface area (Å²) in [7, 11) is -4.92. The maximum atomic E-state index is 11.5. The first-order valence-electron chi connectivity index (χ1n) is 6.08. The summed E-state index contributed by atoms with van der Waals surface area (Å²) in [6.45, 7) is 3.58. The minimum absolute atomic E-state index is 0.191. The van der Waals surface area contributed by atoms with Crippen molar-refractivity contribution in [1.82, 2.24) is 8.94 Å². The van der Waals surface area contributed by atoms with Gasteiger partial charge in [0, 0.05) is 12.8 Å². The fourth-order valence-corrected chi connectivity index (χ4v) is 2.02. The Morgan fingerprint density at radius 1 is 0.895 bits per heavy atom. The third kappa shape index (κ3) is 5.13. The zero-order valence-electron chi connectivity index (χ0n) is 11.1. The van der Waals surface area contributed by atoms with Crippen LogP contribution in [0.4, 0.5) is 0 Å². The predicted molar refractivity (Wildman–Crippen MR) is 65.2 cm³/mol. The summed E-state index contributed by atoms with van der Waals surface area (Å²) in [5.74, 6) is -2.19. The first kappa shape index (κ1) is 17.8. The topological polar surface area (TPSA) is 115 Å². The Hall–Kier alpha value is -1.19. The largest absolute Gasteiger partial charge is 0.376 e. The van der Waals surface area contributed by atoms with E-state index >= 15 is 0 Å². The van der Waals surface area contributed by atoms with Crippen LogP contribution in [0.5, 0.6) is 0 Å². The number of amides is 2. The molecule has 2 N–H and O–H groups in total. The standard InChI is InChI=1S/C10H20N2O6S/c1-3-5-7-9(13)11(15)19(17,18)12(16)10(14)8-6-4-2/h15-16H,3-8H2,1-2H3. The van der Waals surface area contributed by atoms with Crippen LogP contribution in [-0.2, 0) is 19.8 Å². The lowest BCUT2D eigenvalue weighted by Gasteiger charge is -2.20. The van der Waals surface area contributed by atoms with Gasteiger partial charge < -0.3 is 0 Å². The Balaban J connectivity index is 4.75. The second-order valence-corrected chi connectivity index (χ2v) is 5.58. The summed E-state index contributed by atoms with van der Waals surface area (Å²) < 4.78 is 21.9. The predicted octanol–water partition coefficient (Wildman–Crippen LogP) is 1.05. The molecule has 0 atom stereocenters. The number of nitrogens with zero attached hydrogens (tertiary/aromatic N) is 2. The highest BCUT2D eigenvalue weighted by atomic mass is 32.2. The second-order valence-electron chi connectivity index (χ2n) is 3.99. The zero-order valence-corrected chi connectivity index (χ0v) is 11.9. The summed E-state index contributed by atoms with van der Waals surface area (Å²) in [4.78, 5) is 22.7. The molecule has 8 nitrogen and oxygen atoms in total. The van der Waals surface area contributed by atoms with Gasteiger partial charge in [-0.25, -0.2) is 0 Å². The van der Waals surface area contributed by atoms with Gasteiger partial charge in [-0.1, -0.05) is 35.6 Å². The van der Waals surface area contributed by atoms with E-state index in [9.17, 15) is 28.4 Å². The minimum atomic E-state index is -4.92. The Morgan fingerprint density at radius 2 is 1.21 bits per heavy atom. The highest BCUT2D eigenvalue weighted by Crippen LogP contribution is 2.10. The molecule has 0 aliphatic carbocycles. The minimum Gasteiger partial charge on any atom is -0.271 e. The van der Waals surface area contributed by atoms with Crippen LogP contribution in [0.2, 0.25) is 0 Å². The summed E-state index contributed by atoms with van der Waals surface area (Å²) in [6.07, 6.45) is 1.67. The molecular formula is C10H20N2O6S. The molecular weight excluding hydrogens is 276 g/mol. The van der Waals surface area contributed by atoms with E-state index in [0.717, 1.165) is 0 Å². The van der Waals surface area contributed by atoms with E-state index < -0.39 is 31.0 Å². The molecule has 0 aliphatic rings. The molecule has 9 heteroatoms. The van der Waals surface area contributed by atoms with Crippen molar-refractivity contribution in [3.05, 3.63) is 0 Å². The third-order valence-electron chi connectivity index (χ3n) is 2.35. The highest BCUT2D eigenvalue weighted by Gasteiger charge is 2.34. The lowest BCUT2D eigenvalue weighted by Crippen LogP contribution is -2.46. The van der Waals surface area contributed by atoms with E-state index in [1.807, 2.05) is 0 Å². The lowest BCUT2D eigenvalue weighted by atomic mass is 10.2. The number of hydrogen-bond donors (Lipinski definition) is 2. The molecule has 0 aromatic carbocycles. The van der Waals surface area contributed by atoms with E-state index in [-0.39, 0.29) is 12.8 Å². The molecule has 0 aliphatic heterocycles. The van der Waals surface area contributed by atoms with Crippen LogP contribution in [0.1, 0.15) is 52.4 Å². The van der Waals surface area contributed by atoms with Gasteiger partial charge in [0.1, 0.15) is 0 Å². The lowest BCUT2D eigenvalue weighted by molar-refractivity contribution is -0.155. The van der Waals surface area contributed by atoms with Crippen LogP contribution in [-0.4, -0.2) is 39.6 Å². The van der Waals surface area contributed by atoms with Gasteiger partial charge in [0.2, 0.25) is 0 Å². The van der Waals surface area contributed by atoms with E-state index in [2.05, 4.69) is 0 Å². The van der Waals surface area contributed by atoms with E-state index in [1.54, 1.807) is 13.8 Å².